The Labute approximate surface area is 159 Å². The zero-order valence-electron chi connectivity index (χ0n) is 16.1. The Hall–Kier alpha value is -2.24. The van der Waals surface area contributed by atoms with Gasteiger partial charge in [0.25, 0.3) is 0 Å². The Bertz CT molecular complexity index is 908. The van der Waals surface area contributed by atoms with E-state index in [0.717, 1.165) is 48.6 Å². The van der Waals surface area contributed by atoms with Crippen LogP contribution in [-0.4, -0.2) is 48.1 Å². The van der Waals surface area contributed by atoms with Crippen LogP contribution >= 0.6 is 0 Å². The number of aromatic amines is 1. The molecule has 0 amide bonds. The van der Waals surface area contributed by atoms with Crippen LogP contribution in [0.25, 0.3) is 22.4 Å². The lowest BCUT2D eigenvalue weighted by Crippen LogP contribution is -2.37. The maximum absolute atomic E-state index is 13.2. The lowest BCUT2D eigenvalue weighted by Gasteiger charge is -2.32. The van der Waals surface area contributed by atoms with Gasteiger partial charge in [-0.2, -0.15) is 0 Å². The second-order valence-electron chi connectivity index (χ2n) is 7.55. The second kappa shape index (κ2) is 7.79. The van der Waals surface area contributed by atoms with Crippen LogP contribution in [0.3, 0.4) is 0 Å². The summed E-state index contributed by atoms with van der Waals surface area (Å²) in [5, 5.41) is 3.23. The molecule has 1 aliphatic heterocycles. The van der Waals surface area contributed by atoms with Gasteiger partial charge in [-0.25, -0.2) is 9.37 Å². The van der Waals surface area contributed by atoms with Crippen molar-refractivity contribution in [3.63, 3.8) is 0 Å². The molecule has 1 aliphatic rings. The number of fused-ring (bicyclic) bond motifs is 1. The van der Waals surface area contributed by atoms with E-state index in [1.54, 1.807) is 12.1 Å². The van der Waals surface area contributed by atoms with Gasteiger partial charge in [0, 0.05) is 18.7 Å². The van der Waals surface area contributed by atoms with Crippen molar-refractivity contribution in [2.45, 2.75) is 25.7 Å². The fourth-order valence-electron chi connectivity index (χ4n) is 4.06. The van der Waals surface area contributed by atoms with E-state index in [0.29, 0.717) is 5.92 Å². The number of halogens is 1. The quantitative estimate of drug-likeness (QED) is 0.715. The summed E-state index contributed by atoms with van der Waals surface area (Å²) in [7, 11) is 2.01. The molecule has 2 heterocycles. The van der Waals surface area contributed by atoms with Crippen molar-refractivity contribution in [1.29, 1.82) is 0 Å². The minimum atomic E-state index is -0.227. The lowest BCUT2D eigenvalue weighted by atomic mass is 9.88. The summed E-state index contributed by atoms with van der Waals surface area (Å²) in [4.78, 5) is 10.7. The maximum Gasteiger partial charge on any atom is 0.138 e. The van der Waals surface area contributed by atoms with Crippen molar-refractivity contribution in [3.05, 3.63) is 53.3 Å². The van der Waals surface area contributed by atoms with Crippen LogP contribution in [0.15, 0.2) is 36.4 Å². The highest BCUT2D eigenvalue weighted by Gasteiger charge is 2.21. The molecule has 2 aromatic carbocycles. The van der Waals surface area contributed by atoms with Gasteiger partial charge in [-0.1, -0.05) is 6.07 Å². The van der Waals surface area contributed by atoms with E-state index in [1.165, 1.54) is 36.1 Å². The Morgan fingerprint density at radius 2 is 1.93 bits per heavy atom. The topological polar surface area (TPSA) is 44.0 Å². The number of imidazole rings is 1. The monoisotopic (exact) mass is 366 g/mol. The van der Waals surface area contributed by atoms with E-state index >= 15 is 0 Å². The minimum Gasteiger partial charge on any atom is -0.338 e. The van der Waals surface area contributed by atoms with Crippen molar-refractivity contribution in [2.24, 2.45) is 0 Å². The van der Waals surface area contributed by atoms with Crippen molar-refractivity contribution in [2.75, 3.05) is 33.2 Å². The molecule has 27 heavy (non-hydrogen) atoms. The molecule has 3 aromatic rings. The maximum atomic E-state index is 13.2. The number of nitrogens with one attached hydrogen (secondary N) is 2. The van der Waals surface area contributed by atoms with Gasteiger partial charge in [-0.05, 0) is 87.3 Å². The van der Waals surface area contributed by atoms with E-state index in [4.69, 9.17) is 4.98 Å². The van der Waals surface area contributed by atoms with Crippen LogP contribution in [0.4, 0.5) is 4.39 Å². The van der Waals surface area contributed by atoms with E-state index in [9.17, 15) is 4.39 Å². The number of benzene rings is 2. The molecular weight excluding hydrogens is 339 g/mol. The smallest absolute Gasteiger partial charge is 0.138 e. The number of aromatic nitrogens is 2. The highest BCUT2D eigenvalue weighted by Crippen LogP contribution is 2.32. The summed E-state index contributed by atoms with van der Waals surface area (Å²) in [6.07, 6.45) is 2.40. The van der Waals surface area contributed by atoms with Crippen LogP contribution in [0.5, 0.6) is 0 Å². The lowest BCUT2D eigenvalue weighted by molar-refractivity contribution is 0.214. The fraction of sp³-hybridized carbons (Fsp3) is 0.409. The molecule has 0 atom stereocenters. The number of rotatable bonds is 5. The third-order valence-corrected chi connectivity index (χ3v) is 5.65. The summed E-state index contributed by atoms with van der Waals surface area (Å²) < 4.78 is 13.2. The number of H-pyrrole nitrogens is 1. The SMILES string of the molecule is CNCCN1CCC(c2cc(C)c3nc(-c4ccc(F)cc4)[nH]c3c2)CC1. The third-order valence-electron chi connectivity index (χ3n) is 5.65. The first-order valence-electron chi connectivity index (χ1n) is 9.77. The summed E-state index contributed by atoms with van der Waals surface area (Å²) in [6, 6.07) is 11.0. The van der Waals surface area contributed by atoms with Crippen LogP contribution < -0.4 is 5.32 Å². The van der Waals surface area contributed by atoms with Gasteiger partial charge >= 0.3 is 0 Å². The highest BCUT2D eigenvalue weighted by molar-refractivity contribution is 5.83. The molecule has 0 bridgehead atoms. The Kier molecular flexibility index (Phi) is 5.23. The van der Waals surface area contributed by atoms with E-state index in [1.807, 2.05) is 7.05 Å². The Morgan fingerprint density at radius 3 is 2.63 bits per heavy atom. The molecule has 1 saturated heterocycles. The average Bonchev–Trinajstić information content (AvgIpc) is 3.12. The zero-order valence-corrected chi connectivity index (χ0v) is 16.1. The average molecular weight is 366 g/mol. The van der Waals surface area contributed by atoms with Gasteiger partial charge in [-0.3, -0.25) is 0 Å². The second-order valence-corrected chi connectivity index (χ2v) is 7.55. The molecule has 0 unspecified atom stereocenters. The number of hydrogen-bond donors (Lipinski definition) is 2. The van der Waals surface area contributed by atoms with E-state index in [-0.39, 0.29) is 5.82 Å². The summed E-state index contributed by atoms with van der Waals surface area (Å²) in [6.45, 7) is 6.63. The normalized spacial score (nSPS) is 16.3. The Morgan fingerprint density at radius 1 is 1.19 bits per heavy atom. The molecule has 5 heteroatoms. The number of hydrogen-bond acceptors (Lipinski definition) is 3. The summed E-state index contributed by atoms with van der Waals surface area (Å²) >= 11 is 0. The first-order valence-corrected chi connectivity index (χ1v) is 9.77. The molecule has 1 aromatic heterocycles. The van der Waals surface area contributed by atoms with Crippen molar-refractivity contribution in [3.8, 4) is 11.4 Å². The third kappa shape index (κ3) is 3.89. The fourth-order valence-corrected chi connectivity index (χ4v) is 4.06. The molecule has 0 aliphatic carbocycles. The summed E-state index contributed by atoms with van der Waals surface area (Å²) in [5.74, 6) is 1.18. The van der Waals surface area contributed by atoms with E-state index < -0.39 is 0 Å². The van der Waals surface area contributed by atoms with Crippen LogP contribution in [-0.2, 0) is 0 Å². The predicted octanol–water partition coefficient (Wildman–Crippen LogP) is 4.08. The van der Waals surface area contributed by atoms with Gasteiger partial charge in [0.1, 0.15) is 11.6 Å². The van der Waals surface area contributed by atoms with Gasteiger partial charge in [0.2, 0.25) is 0 Å². The number of likely N-dealkylation sites (N-methyl/N-ethyl adjacent to an activating group) is 1. The van der Waals surface area contributed by atoms with Gasteiger partial charge in [0.15, 0.2) is 0 Å². The van der Waals surface area contributed by atoms with Gasteiger partial charge in [0.05, 0.1) is 11.0 Å². The summed E-state index contributed by atoms with van der Waals surface area (Å²) in [5.41, 5.74) is 5.59. The van der Waals surface area contributed by atoms with Crippen molar-refractivity contribution in [1.82, 2.24) is 20.2 Å². The van der Waals surface area contributed by atoms with Crippen molar-refractivity contribution < 1.29 is 4.39 Å². The van der Waals surface area contributed by atoms with Crippen LogP contribution in [0, 0.1) is 12.7 Å². The van der Waals surface area contributed by atoms with Gasteiger partial charge < -0.3 is 15.2 Å². The zero-order chi connectivity index (χ0) is 18.8. The first-order chi connectivity index (χ1) is 13.1. The molecule has 4 nitrogen and oxygen atoms in total. The molecule has 4 rings (SSSR count). The number of piperidine rings is 1. The van der Waals surface area contributed by atoms with Crippen LogP contribution in [0.1, 0.15) is 29.9 Å². The first kappa shape index (κ1) is 18.1. The minimum absolute atomic E-state index is 0.227. The number of nitrogens with zero attached hydrogens (tertiary/aromatic N) is 2. The highest BCUT2D eigenvalue weighted by atomic mass is 19.1. The Balaban J connectivity index is 1.56. The molecule has 0 saturated carbocycles. The molecule has 2 N–H and O–H groups in total. The van der Waals surface area contributed by atoms with Crippen molar-refractivity contribution >= 4 is 11.0 Å². The molecule has 0 radical (unpaired) electrons. The number of likely N-dealkylation sites (tertiary alicyclic amines) is 1. The largest absolute Gasteiger partial charge is 0.338 e. The van der Waals surface area contributed by atoms with Gasteiger partial charge in [-0.15, -0.1) is 0 Å². The predicted molar refractivity (Wildman–Crippen MR) is 109 cm³/mol. The molecular formula is C22H27FN4. The molecule has 1 fully saturated rings. The number of aryl methyl sites for hydroxylation is 1. The molecule has 142 valence electrons. The van der Waals surface area contributed by atoms with Crippen LogP contribution in [0.2, 0.25) is 0 Å². The standard InChI is InChI=1S/C22H27FN4/c1-15-13-18(16-7-10-27(11-8-16)12-9-24-2)14-20-21(15)26-22(25-20)17-3-5-19(23)6-4-17/h3-6,13-14,16,24H,7-12H2,1-2H3,(H,25,26). The van der Waals surface area contributed by atoms with E-state index in [2.05, 4.69) is 34.3 Å². The molecule has 0 spiro atoms.